The fourth-order valence-corrected chi connectivity index (χ4v) is 5.80. The molecular weight excluding hydrogens is 392 g/mol. The van der Waals surface area contributed by atoms with Crippen molar-refractivity contribution in [1.29, 1.82) is 0 Å². The number of amides is 1. The van der Waals surface area contributed by atoms with Crippen LogP contribution in [0.1, 0.15) is 17.7 Å². The van der Waals surface area contributed by atoms with Gasteiger partial charge in [0.1, 0.15) is 4.90 Å². The van der Waals surface area contributed by atoms with E-state index in [4.69, 9.17) is 11.6 Å². The first-order chi connectivity index (χ1) is 12.5. The maximum absolute atomic E-state index is 12.9. The monoisotopic (exact) mass is 412 g/mol. The number of hydrogen-bond donors (Lipinski definition) is 1. The van der Waals surface area contributed by atoms with Gasteiger partial charge in [0.05, 0.1) is 10.9 Å². The third kappa shape index (κ3) is 4.46. The summed E-state index contributed by atoms with van der Waals surface area (Å²) < 4.78 is 27.1. The van der Waals surface area contributed by atoms with Crippen molar-refractivity contribution in [2.45, 2.75) is 24.2 Å². The quantitative estimate of drug-likeness (QED) is 0.792. The third-order valence-corrected chi connectivity index (χ3v) is 7.76. The number of thiophene rings is 1. The number of hydrogen-bond acceptors (Lipinski definition) is 4. The Labute approximate surface area is 163 Å². The summed E-state index contributed by atoms with van der Waals surface area (Å²) in [6, 6.07) is 10.4. The van der Waals surface area contributed by atoms with Gasteiger partial charge in [0.25, 0.3) is 0 Å². The smallest absolute Gasteiger partial charge is 0.244 e. The number of carbonyl (C=O) groups excluding carboxylic acids is 1. The fourth-order valence-electron chi connectivity index (χ4n) is 3.08. The van der Waals surface area contributed by atoms with Crippen molar-refractivity contribution in [1.82, 2.24) is 9.62 Å². The van der Waals surface area contributed by atoms with Gasteiger partial charge >= 0.3 is 0 Å². The molecule has 1 aromatic heterocycles. The highest BCUT2D eigenvalue weighted by molar-refractivity contribution is 7.89. The van der Waals surface area contributed by atoms with E-state index >= 15 is 0 Å². The van der Waals surface area contributed by atoms with Gasteiger partial charge in [-0.25, -0.2) is 8.42 Å². The van der Waals surface area contributed by atoms with Gasteiger partial charge in [0.2, 0.25) is 15.9 Å². The minimum Gasteiger partial charge on any atom is -0.355 e. The van der Waals surface area contributed by atoms with E-state index in [1.807, 2.05) is 17.5 Å². The van der Waals surface area contributed by atoms with Crippen molar-refractivity contribution in [2.75, 3.05) is 19.6 Å². The number of nitrogens with zero attached hydrogens (tertiary/aromatic N) is 1. The summed E-state index contributed by atoms with van der Waals surface area (Å²) in [5, 5.41) is 5.15. The van der Waals surface area contributed by atoms with Gasteiger partial charge in [-0.2, -0.15) is 4.31 Å². The van der Waals surface area contributed by atoms with Crippen LogP contribution in [0.3, 0.4) is 0 Å². The second-order valence-electron chi connectivity index (χ2n) is 6.25. The zero-order valence-electron chi connectivity index (χ0n) is 14.2. The van der Waals surface area contributed by atoms with E-state index in [1.165, 1.54) is 15.2 Å². The van der Waals surface area contributed by atoms with Gasteiger partial charge in [-0.15, -0.1) is 11.3 Å². The number of nitrogens with one attached hydrogen (secondary N) is 1. The molecule has 1 atom stereocenters. The Morgan fingerprint density at radius 1 is 1.27 bits per heavy atom. The highest BCUT2D eigenvalue weighted by atomic mass is 35.5. The molecule has 0 aliphatic carbocycles. The van der Waals surface area contributed by atoms with Crippen LogP contribution in [-0.4, -0.2) is 38.3 Å². The van der Waals surface area contributed by atoms with Crippen LogP contribution in [0.15, 0.2) is 46.7 Å². The molecule has 3 rings (SSSR count). The molecule has 140 valence electrons. The average molecular weight is 413 g/mol. The molecule has 5 nitrogen and oxygen atoms in total. The standard InChI is InChI=1S/C18H21ClN2O3S2/c19-16-7-1-2-8-17(16)26(23,24)21-11-3-5-14(13-21)18(22)20-10-9-15-6-4-12-25-15/h1-2,4,6-8,12,14H,3,5,9-11,13H2,(H,20,22). The Morgan fingerprint density at radius 3 is 2.81 bits per heavy atom. The van der Waals surface area contributed by atoms with E-state index < -0.39 is 10.0 Å². The molecule has 0 spiro atoms. The van der Waals surface area contributed by atoms with E-state index in [1.54, 1.807) is 29.5 Å². The lowest BCUT2D eigenvalue weighted by molar-refractivity contribution is -0.126. The van der Waals surface area contributed by atoms with Crippen LogP contribution in [0.4, 0.5) is 0 Å². The number of sulfonamides is 1. The number of halogens is 1. The summed E-state index contributed by atoms with van der Waals surface area (Å²) in [7, 11) is -3.69. The number of piperidine rings is 1. The maximum atomic E-state index is 12.9. The number of benzene rings is 1. The van der Waals surface area contributed by atoms with Crippen LogP contribution in [0, 0.1) is 5.92 Å². The molecule has 2 aromatic rings. The highest BCUT2D eigenvalue weighted by Crippen LogP contribution is 2.28. The molecule has 0 bridgehead atoms. The lowest BCUT2D eigenvalue weighted by Crippen LogP contribution is -2.45. The molecule has 8 heteroatoms. The Balaban J connectivity index is 1.61. The van der Waals surface area contributed by atoms with E-state index in [2.05, 4.69) is 5.32 Å². The van der Waals surface area contributed by atoms with E-state index in [-0.39, 0.29) is 28.3 Å². The Hall–Kier alpha value is -1.41. The van der Waals surface area contributed by atoms with Gasteiger partial charge in [-0.3, -0.25) is 4.79 Å². The van der Waals surface area contributed by atoms with Crippen molar-refractivity contribution < 1.29 is 13.2 Å². The average Bonchev–Trinajstić information content (AvgIpc) is 3.15. The normalized spacial score (nSPS) is 18.6. The van der Waals surface area contributed by atoms with Crippen molar-refractivity contribution in [2.24, 2.45) is 5.92 Å². The Kier molecular flexibility index (Phi) is 6.34. The molecule has 1 amide bonds. The zero-order chi connectivity index (χ0) is 18.6. The zero-order valence-corrected chi connectivity index (χ0v) is 16.6. The molecule has 0 radical (unpaired) electrons. The second kappa shape index (κ2) is 8.52. The summed E-state index contributed by atoms with van der Waals surface area (Å²) in [5.41, 5.74) is 0. The SMILES string of the molecule is O=C(NCCc1cccs1)C1CCCN(S(=O)(=O)c2ccccc2Cl)C1. The molecule has 1 unspecified atom stereocenters. The molecule has 1 aliphatic heterocycles. The first-order valence-electron chi connectivity index (χ1n) is 8.53. The van der Waals surface area contributed by atoms with Gasteiger partial charge in [0, 0.05) is 24.5 Å². The van der Waals surface area contributed by atoms with Gasteiger partial charge in [-0.1, -0.05) is 29.8 Å². The van der Waals surface area contributed by atoms with Crippen LogP contribution in [0.5, 0.6) is 0 Å². The van der Waals surface area contributed by atoms with E-state index in [0.29, 0.717) is 25.9 Å². The lowest BCUT2D eigenvalue weighted by Gasteiger charge is -2.31. The molecule has 1 saturated heterocycles. The van der Waals surface area contributed by atoms with Crippen LogP contribution in [-0.2, 0) is 21.2 Å². The third-order valence-electron chi connectivity index (χ3n) is 4.46. The Morgan fingerprint density at radius 2 is 2.08 bits per heavy atom. The van der Waals surface area contributed by atoms with Crippen molar-refractivity contribution in [3.8, 4) is 0 Å². The number of carbonyl (C=O) groups is 1. The van der Waals surface area contributed by atoms with E-state index in [9.17, 15) is 13.2 Å². The molecule has 1 aliphatic rings. The Bertz CT molecular complexity index is 853. The number of rotatable bonds is 6. The van der Waals surface area contributed by atoms with Crippen LogP contribution < -0.4 is 5.32 Å². The van der Waals surface area contributed by atoms with Gasteiger partial charge in [-0.05, 0) is 42.8 Å². The van der Waals surface area contributed by atoms with Crippen LogP contribution >= 0.6 is 22.9 Å². The first-order valence-corrected chi connectivity index (χ1v) is 11.2. The predicted molar refractivity (Wildman–Crippen MR) is 104 cm³/mol. The van der Waals surface area contributed by atoms with Crippen molar-refractivity contribution in [3.63, 3.8) is 0 Å². The molecular formula is C18H21ClN2O3S2. The topological polar surface area (TPSA) is 66.5 Å². The second-order valence-corrected chi connectivity index (χ2v) is 9.60. The summed E-state index contributed by atoms with van der Waals surface area (Å²) in [4.78, 5) is 13.8. The van der Waals surface area contributed by atoms with Crippen molar-refractivity contribution in [3.05, 3.63) is 51.7 Å². The summed E-state index contributed by atoms with van der Waals surface area (Å²) in [5.74, 6) is -0.412. The minimum atomic E-state index is -3.69. The largest absolute Gasteiger partial charge is 0.355 e. The summed E-state index contributed by atoms with van der Waals surface area (Å²) in [6.07, 6.45) is 2.14. The fraction of sp³-hybridized carbons (Fsp3) is 0.389. The molecule has 0 saturated carbocycles. The van der Waals surface area contributed by atoms with Gasteiger partial charge in [0.15, 0.2) is 0 Å². The molecule has 2 heterocycles. The predicted octanol–water partition coefficient (Wildman–Crippen LogP) is 3.16. The maximum Gasteiger partial charge on any atom is 0.244 e. The van der Waals surface area contributed by atoms with Crippen LogP contribution in [0.2, 0.25) is 5.02 Å². The molecule has 1 aromatic carbocycles. The minimum absolute atomic E-state index is 0.0828. The summed E-state index contributed by atoms with van der Waals surface area (Å²) in [6.45, 7) is 1.16. The van der Waals surface area contributed by atoms with Gasteiger partial charge < -0.3 is 5.32 Å². The molecule has 1 N–H and O–H groups in total. The summed E-state index contributed by atoms with van der Waals surface area (Å²) >= 11 is 7.72. The highest BCUT2D eigenvalue weighted by Gasteiger charge is 2.34. The van der Waals surface area contributed by atoms with Crippen molar-refractivity contribution >= 4 is 38.9 Å². The lowest BCUT2D eigenvalue weighted by atomic mass is 9.99. The van der Waals surface area contributed by atoms with Crippen LogP contribution in [0.25, 0.3) is 0 Å². The molecule has 1 fully saturated rings. The first kappa shape index (κ1) is 19.4. The van der Waals surface area contributed by atoms with E-state index in [0.717, 1.165) is 6.42 Å². The molecule has 26 heavy (non-hydrogen) atoms.